The van der Waals surface area contributed by atoms with Crippen molar-refractivity contribution in [3.8, 4) is 16.9 Å². The second-order valence-electron chi connectivity index (χ2n) is 5.96. The summed E-state index contributed by atoms with van der Waals surface area (Å²) in [6.45, 7) is 1.95. The van der Waals surface area contributed by atoms with Crippen molar-refractivity contribution in [2.75, 3.05) is 0 Å². The molecule has 0 saturated heterocycles. The van der Waals surface area contributed by atoms with Crippen LogP contribution in [-0.2, 0) is 0 Å². The number of fused-ring (bicyclic) bond motifs is 4. The fourth-order valence-electron chi connectivity index (χ4n) is 3.34. The molecule has 0 aliphatic heterocycles. The van der Waals surface area contributed by atoms with Crippen LogP contribution in [0.3, 0.4) is 0 Å². The molecule has 0 spiro atoms. The molecule has 2 aromatic carbocycles. The van der Waals surface area contributed by atoms with Gasteiger partial charge in [-0.05, 0) is 25.1 Å². The molecule has 0 radical (unpaired) electrons. The molecule has 0 bridgehead atoms. The van der Waals surface area contributed by atoms with E-state index in [1.807, 2.05) is 72.3 Å². The van der Waals surface area contributed by atoms with Gasteiger partial charge in [0.05, 0.1) is 17.1 Å². The molecule has 4 nitrogen and oxygen atoms in total. The van der Waals surface area contributed by atoms with E-state index in [0.717, 1.165) is 39.2 Å². The minimum absolute atomic E-state index is 0.0434. The summed E-state index contributed by atoms with van der Waals surface area (Å²) in [5.41, 5.74) is 5.65. The fourth-order valence-corrected chi connectivity index (χ4v) is 3.34. The van der Waals surface area contributed by atoms with Crippen LogP contribution in [0.1, 0.15) is 21.6 Å². The topological polar surface area (TPSA) is 47.8 Å². The summed E-state index contributed by atoms with van der Waals surface area (Å²) in [5.74, 6) is 0.0434. The van der Waals surface area contributed by atoms with Crippen molar-refractivity contribution in [2.45, 2.75) is 6.92 Å². The van der Waals surface area contributed by atoms with Crippen molar-refractivity contribution in [3.63, 3.8) is 0 Å². The van der Waals surface area contributed by atoms with Crippen LogP contribution in [0.5, 0.6) is 0 Å². The number of benzene rings is 2. The van der Waals surface area contributed by atoms with Gasteiger partial charge in [-0.3, -0.25) is 4.79 Å². The summed E-state index contributed by atoms with van der Waals surface area (Å²) in [5, 5.41) is 5.54. The number of carbonyl (C=O) groups is 1. The maximum Gasteiger partial charge on any atom is 0.195 e. The molecule has 4 aromatic rings. The molecule has 5 rings (SSSR count). The summed E-state index contributed by atoms with van der Waals surface area (Å²) in [4.78, 5) is 17.5. The Labute approximate surface area is 138 Å². The Hall–Kier alpha value is -3.27. The molecule has 114 valence electrons. The monoisotopic (exact) mass is 311 g/mol. The third-order valence-corrected chi connectivity index (χ3v) is 4.52. The molecule has 0 unspecified atom stereocenters. The molecular weight excluding hydrogens is 298 g/mol. The van der Waals surface area contributed by atoms with Crippen molar-refractivity contribution in [3.05, 3.63) is 77.5 Å². The lowest BCUT2D eigenvalue weighted by molar-refractivity contribution is 0.104. The first kappa shape index (κ1) is 13.2. The van der Waals surface area contributed by atoms with Gasteiger partial charge in [0, 0.05) is 22.1 Å². The van der Waals surface area contributed by atoms with Crippen LogP contribution in [0.4, 0.5) is 0 Å². The number of aryl methyl sites for hydroxylation is 1. The molecule has 1 aliphatic rings. The van der Waals surface area contributed by atoms with E-state index < -0.39 is 0 Å². The molecule has 0 saturated carbocycles. The lowest BCUT2D eigenvalue weighted by Crippen LogP contribution is -1.99. The Balaban J connectivity index is 1.85. The van der Waals surface area contributed by atoms with Gasteiger partial charge >= 0.3 is 0 Å². The van der Waals surface area contributed by atoms with E-state index in [0.29, 0.717) is 5.56 Å². The number of aromatic nitrogens is 3. The zero-order chi connectivity index (χ0) is 16.3. The van der Waals surface area contributed by atoms with Crippen LogP contribution >= 0.6 is 0 Å². The maximum atomic E-state index is 12.7. The van der Waals surface area contributed by atoms with Gasteiger partial charge in [-0.2, -0.15) is 5.10 Å². The number of hydrogen-bond donors (Lipinski definition) is 0. The Kier molecular flexibility index (Phi) is 2.54. The van der Waals surface area contributed by atoms with Gasteiger partial charge in [-0.25, -0.2) is 9.67 Å². The zero-order valence-corrected chi connectivity index (χ0v) is 13.0. The van der Waals surface area contributed by atoms with Crippen LogP contribution in [0.2, 0.25) is 0 Å². The number of carbonyl (C=O) groups excluding carboxylic acids is 1. The number of pyridine rings is 1. The molecular formula is C20H13N3O. The van der Waals surface area contributed by atoms with E-state index in [1.54, 1.807) is 0 Å². The maximum absolute atomic E-state index is 12.7. The summed E-state index contributed by atoms with van der Waals surface area (Å²) in [6, 6.07) is 19.5. The number of rotatable bonds is 1. The SMILES string of the molecule is Cc1nn(-c2ccccc2)c2nc3c(cc12)C(=O)c1ccccc1-3. The molecule has 0 amide bonds. The Bertz CT molecular complexity index is 1130. The number of ketones is 1. The first-order valence-corrected chi connectivity index (χ1v) is 7.84. The molecule has 1 aliphatic carbocycles. The first-order valence-electron chi connectivity index (χ1n) is 7.84. The minimum Gasteiger partial charge on any atom is -0.289 e. The van der Waals surface area contributed by atoms with Crippen LogP contribution in [-0.4, -0.2) is 20.5 Å². The molecule has 4 heteroatoms. The predicted octanol–water partition coefficient (Wildman–Crippen LogP) is 3.94. The summed E-state index contributed by atoms with van der Waals surface area (Å²) in [7, 11) is 0. The summed E-state index contributed by atoms with van der Waals surface area (Å²) in [6.07, 6.45) is 0. The summed E-state index contributed by atoms with van der Waals surface area (Å²) >= 11 is 0. The van der Waals surface area contributed by atoms with Gasteiger partial charge in [0.1, 0.15) is 0 Å². The van der Waals surface area contributed by atoms with Crippen molar-refractivity contribution < 1.29 is 4.79 Å². The second kappa shape index (κ2) is 4.61. The first-order chi connectivity index (χ1) is 11.7. The lowest BCUT2D eigenvalue weighted by Gasteiger charge is -2.04. The van der Waals surface area contributed by atoms with Gasteiger partial charge in [0.15, 0.2) is 11.4 Å². The largest absolute Gasteiger partial charge is 0.289 e. The van der Waals surface area contributed by atoms with E-state index in [4.69, 9.17) is 4.98 Å². The Morgan fingerprint density at radius 2 is 1.58 bits per heavy atom. The van der Waals surface area contributed by atoms with Crippen molar-refractivity contribution >= 4 is 16.8 Å². The Morgan fingerprint density at radius 3 is 2.38 bits per heavy atom. The highest BCUT2D eigenvalue weighted by Crippen LogP contribution is 2.37. The van der Waals surface area contributed by atoms with Gasteiger partial charge < -0.3 is 0 Å². The number of nitrogens with zero attached hydrogens (tertiary/aromatic N) is 3. The fraction of sp³-hybridized carbons (Fsp3) is 0.0500. The number of para-hydroxylation sites is 1. The van der Waals surface area contributed by atoms with E-state index in [1.165, 1.54) is 0 Å². The van der Waals surface area contributed by atoms with Crippen molar-refractivity contribution in [1.29, 1.82) is 0 Å². The van der Waals surface area contributed by atoms with Gasteiger partial charge in [0.2, 0.25) is 0 Å². The van der Waals surface area contributed by atoms with Gasteiger partial charge in [-0.15, -0.1) is 0 Å². The third kappa shape index (κ3) is 1.65. The summed E-state index contributed by atoms with van der Waals surface area (Å²) < 4.78 is 1.84. The molecule has 2 aromatic heterocycles. The highest BCUT2D eigenvalue weighted by Gasteiger charge is 2.29. The van der Waals surface area contributed by atoms with Crippen LogP contribution in [0.15, 0.2) is 60.7 Å². The highest BCUT2D eigenvalue weighted by molar-refractivity contribution is 6.22. The van der Waals surface area contributed by atoms with E-state index in [2.05, 4.69) is 5.10 Å². The van der Waals surface area contributed by atoms with Gasteiger partial charge in [0.25, 0.3) is 0 Å². The third-order valence-electron chi connectivity index (χ3n) is 4.52. The highest BCUT2D eigenvalue weighted by atomic mass is 16.1. The average molecular weight is 311 g/mol. The van der Waals surface area contributed by atoms with E-state index >= 15 is 0 Å². The zero-order valence-electron chi connectivity index (χ0n) is 13.0. The standard InChI is InChI=1S/C20H13N3O/c1-12-16-11-17-18(14-9-5-6-10-15(14)19(17)24)21-20(16)23(22-12)13-7-3-2-4-8-13/h2-11H,1H3. The molecule has 0 fully saturated rings. The normalized spacial score (nSPS) is 12.5. The van der Waals surface area contributed by atoms with Crippen molar-refractivity contribution in [1.82, 2.24) is 14.8 Å². The molecule has 24 heavy (non-hydrogen) atoms. The quantitative estimate of drug-likeness (QED) is 0.471. The average Bonchev–Trinajstić information content (AvgIpc) is 3.10. The minimum atomic E-state index is 0.0434. The molecule has 0 atom stereocenters. The smallest absolute Gasteiger partial charge is 0.195 e. The molecule has 2 heterocycles. The van der Waals surface area contributed by atoms with Crippen LogP contribution in [0, 0.1) is 6.92 Å². The lowest BCUT2D eigenvalue weighted by atomic mass is 10.1. The van der Waals surface area contributed by atoms with E-state index in [9.17, 15) is 4.79 Å². The predicted molar refractivity (Wildman–Crippen MR) is 92.5 cm³/mol. The number of hydrogen-bond acceptors (Lipinski definition) is 3. The van der Waals surface area contributed by atoms with Crippen LogP contribution in [0.25, 0.3) is 28.0 Å². The van der Waals surface area contributed by atoms with E-state index in [-0.39, 0.29) is 5.78 Å². The molecule has 0 N–H and O–H groups in total. The van der Waals surface area contributed by atoms with Gasteiger partial charge in [-0.1, -0.05) is 42.5 Å². The second-order valence-corrected chi connectivity index (χ2v) is 5.96. The van der Waals surface area contributed by atoms with Crippen LogP contribution < -0.4 is 0 Å². The van der Waals surface area contributed by atoms with Crippen molar-refractivity contribution in [2.24, 2.45) is 0 Å². The Morgan fingerprint density at radius 1 is 0.875 bits per heavy atom.